The van der Waals surface area contributed by atoms with E-state index in [4.69, 9.17) is 9.84 Å². The largest absolute Gasteiger partial charge is 0.394 e. The summed E-state index contributed by atoms with van der Waals surface area (Å²) >= 11 is 0. The Morgan fingerprint density at radius 3 is 2.76 bits per heavy atom. The predicted octanol–water partition coefficient (Wildman–Crippen LogP) is 1.65. The molecule has 1 aromatic carbocycles. The normalized spacial score (nSPS) is 16.0. The van der Waals surface area contributed by atoms with E-state index in [2.05, 4.69) is 5.32 Å². The Balaban J connectivity index is 1.99. The molecule has 2 rings (SSSR count). The summed E-state index contributed by atoms with van der Waals surface area (Å²) in [5, 5.41) is 11.9. The molecule has 5 nitrogen and oxygen atoms in total. The highest BCUT2D eigenvalue weighted by Gasteiger charge is 2.25. The summed E-state index contributed by atoms with van der Waals surface area (Å²) in [5.74, 6) is 0.0694. The molecule has 21 heavy (non-hydrogen) atoms. The molecule has 1 aliphatic heterocycles. The van der Waals surface area contributed by atoms with Gasteiger partial charge in [0.05, 0.1) is 24.9 Å². The Kier molecular flexibility index (Phi) is 5.59. The smallest absolute Gasteiger partial charge is 0.255 e. The van der Waals surface area contributed by atoms with Crippen LogP contribution in [0.5, 0.6) is 0 Å². The number of likely N-dealkylation sites (tertiary alicyclic amines) is 1. The van der Waals surface area contributed by atoms with Crippen LogP contribution in [0, 0.1) is 6.92 Å². The number of piperidine rings is 1. The molecule has 0 unspecified atom stereocenters. The second-order valence-corrected chi connectivity index (χ2v) is 5.38. The van der Waals surface area contributed by atoms with Gasteiger partial charge in [-0.2, -0.15) is 0 Å². The molecule has 1 amide bonds. The first-order valence-corrected chi connectivity index (χ1v) is 7.46. The Bertz CT molecular complexity index is 482. The number of carbonyl (C=O) groups is 1. The van der Waals surface area contributed by atoms with Crippen LogP contribution in [0.4, 0.5) is 5.69 Å². The average molecular weight is 292 g/mol. The summed E-state index contributed by atoms with van der Waals surface area (Å²) < 4.78 is 5.53. The third kappa shape index (κ3) is 3.95. The number of ether oxygens (including phenoxy) is 1. The van der Waals surface area contributed by atoms with Gasteiger partial charge < -0.3 is 20.1 Å². The molecule has 0 saturated carbocycles. The molecular weight excluding hydrogens is 268 g/mol. The van der Waals surface area contributed by atoms with Crippen molar-refractivity contribution in [1.82, 2.24) is 4.90 Å². The number of carbonyl (C=O) groups excluding carboxylic acids is 1. The summed E-state index contributed by atoms with van der Waals surface area (Å²) in [7, 11) is 1.83. The van der Waals surface area contributed by atoms with Crippen molar-refractivity contribution in [2.45, 2.75) is 25.9 Å². The Labute approximate surface area is 125 Å². The Morgan fingerprint density at radius 1 is 1.43 bits per heavy atom. The molecule has 1 aromatic rings. The Morgan fingerprint density at radius 2 is 2.14 bits per heavy atom. The molecule has 0 atom stereocenters. The van der Waals surface area contributed by atoms with Gasteiger partial charge in [0.1, 0.15) is 0 Å². The quantitative estimate of drug-likeness (QED) is 0.866. The number of hydrogen-bond donors (Lipinski definition) is 2. The van der Waals surface area contributed by atoms with Gasteiger partial charge in [-0.3, -0.25) is 4.79 Å². The molecule has 1 fully saturated rings. The molecule has 2 N–H and O–H groups in total. The van der Waals surface area contributed by atoms with Crippen molar-refractivity contribution < 1.29 is 14.6 Å². The van der Waals surface area contributed by atoms with E-state index < -0.39 is 0 Å². The summed E-state index contributed by atoms with van der Waals surface area (Å²) in [6, 6.07) is 5.84. The number of aliphatic hydroxyl groups is 1. The molecule has 0 radical (unpaired) electrons. The molecule has 0 aromatic heterocycles. The van der Waals surface area contributed by atoms with E-state index in [1.165, 1.54) is 0 Å². The van der Waals surface area contributed by atoms with Gasteiger partial charge in [-0.1, -0.05) is 6.07 Å². The minimum atomic E-state index is 0.0496. The van der Waals surface area contributed by atoms with Gasteiger partial charge in [0, 0.05) is 25.8 Å². The van der Waals surface area contributed by atoms with Gasteiger partial charge in [0.25, 0.3) is 5.91 Å². The van der Waals surface area contributed by atoms with Crippen LogP contribution in [-0.4, -0.2) is 55.4 Å². The number of benzene rings is 1. The van der Waals surface area contributed by atoms with E-state index in [1.54, 1.807) is 0 Å². The third-order valence-corrected chi connectivity index (χ3v) is 3.85. The number of nitrogens with one attached hydrogen (secondary N) is 1. The fourth-order valence-electron chi connectivity index (χ4n) is 2.67. The van der Waals surface area contributed by atoms with Crippen molar-refractivity contribution in [1.29, 1.82) is 0 Å². The van der Waals surface area contributed by atoms with E-state index in [0.717, 1.165) is 29.7 Å². The monoisotopic (exact) mass is 292 g/mol. The van der Waals surface area contributed by atoms with Crippen molar-refractivity contribution in [2.75, 3.05) is 38.7 Å². The minimum absolute atomic E-state index is 0.0496. The first-order chi connectivity index (χ1) is 10.2. The highest BCUT2D eigenvalue weighted by atomic mass is 16.5. The van der Waals surface area contributed by atoms with Crippen molar-refractivity contribution in [3.8, 4) is 0 Å². The van der Waals surface area contributed by atoms with Crippen LogP contribution in [-0.2, 0) is 4.74 Å². The summed E-state index contributed by atoms with van der Waals surface area (Å²) in [4.78, 5) is 14.5. The molecule has 1 saturated heterocycles. The number of rotatable bonds is 5. The summed E-state index contributed by atoms with van der Waals surface area (Å²) in [5.41, 5.74) is 2.73. The number of nitrogens with zero attached hydrogens (tertiary/aromatic N) is 1. The van der Waals surface area contributed by atoms with E-state index in [9.17, 15) is 4.79 Å². The lowest BCUT2D eigenvalue weighted by Gasteiger charge is -2.32. The molecule has 1 heterocycles. The maximum Gasteiger partial charge on any atom is 0.255 e. The van der Waals surface area contributed by atoms with Gasteiger partial charge in [0.15, 0.2) is 0 Å². The third-order valence-electron chi connectivity index (χ3n) is 3.85. The topological polar surface area (TPSA) is 61.8 Å². The van der Waals surface area contributed by atoms with Crippen LogP contribution < -0.4 is 5.32 Å². The molecule has 0 aliphatic carbocycles. The number of aliphatic hydroxyl groups excluding tert-OH is 1. The van der Waals surface area contributed by atoms with E-state index in [0.29, 0.717) is 19.7 Å². The lowest BCUT2D eigenvalue weighted by Crippen LogP contribution is -2.41. The zero-order chi connectivity index (χ0) is 15.2. The van der Waals surface area contributed by atoms with Crippen molar-refractivity contribution in [2.24, 2.45) is 0 Å². The van der Waals surface area contributed by atoms with Gasteiger partial charge in [-0.25, -0.2) is 0 Å². The second kappa shape index (κ2) is 7.43. The summed E-state index contributed by atoms with van der Waals surface area (Å²) in [6.07, 6.45) is 1.81. The maximum atomic E-state index is 12.6. The molecular formula is C16H24N2O3. The zero-order valence-electron chi connectivity index (χ0n) is 12.8. The number of aryl methyl sites for hydroxylation is 1. The van der Waals surface area contributed by atoms with Crippen LogP contribution >= 0.6 is 0 Å². The highest BCUT2D eigenvalue weighted by Crippen LogP contribution is 2.22. The van der Waals surface area contributed by atoms with Gasteiger partial charge in [-0.15, -0.1) is 0 Å². The van der Waals surface area contributed by atoms with Crippen LogP contribution in [0.25, 0.3) is 0 Å². The first-order valence-electron chi connectivity index (χ1n) is 7.46. The Hall–Kier alpha value is -1.59. The lowest BCUT2D eigenvalue weighted by molar-refractivity contribution is -0.00552. The van der Waals surface area contributed by atoms with Crippen LogP contribution in [0.3, 0.4) is 0 Å². The molecule has 0 spiro atoms. The van der Waals surface area contributed by atoms with Crippen molar-refractivity contribution >= 4 is 11.6 Å². The molecule has 5 heteroatoms. The molecule has 0 bridgehead atoms. The van der Waals surface area contributed by atoms with Gasteiger partial charge >= 0.3 is 0 Å². The molecule has 116 valence electrons. The predicted molar refractivity (Wildman–Crippen MR) is 82.7 cm³/mol. The maximum absolute atomic E-state index is 12.6. The van der Waals surface area contributed by atoms with E-state index >= 15 is 0 Å². The van der Waals surface area contributed by atoms with Crippen LogP contribution in [0.1, 0.15) is 28.8 Å². The molecule has 1 aliphatic rings. The fraction of sp³-hybridized carbons (Fsp3) is 0.562. The average Bonchev–Trinajstić information content (AvgIpc) is 2.52. The fourth-order valence-corrected chi connectivity index (χ4v) is 2.67. The number of amides is 1. The van der Waals surface area contributed by atoms with Crippen molar-refractivity contribution in [3.05, 3.63) is 29.3 Å². The van der Waals surface area contributed by atoms with Gasteiger partial charge in [-0.05, 0) is 37.5 Å². The highest BCUT2D eigenvalue weighted by molar-refractivity contribution is 5.99. The number of anilines is 1. The number of hydrogen-bond acceptors (Lipinski definition) is 4. The standard InChI is InChI=1S/C16H24N2O3/c1-12-3-4-14(15(11-12)17-2)16(20)18-7-5-13(6-8-18)21-10-9-19/h3-4,11,13,17,19H,5-10H2,1-2H3. The van der Waals surface area contributed by atoms with Crippen LogP contribution in [0.2, 0.25) is 0 Å². The zero-order valence-corrected chi connectivity index (χ0v) is 12.8. The van der Waals surface area contributed by atoms with Crippen molar-refractivity contribution in [3.63, 3.8) is 0 Å². The van der Waals surface area contributed by atoms with Gasteiger partial charge in [0.2, 0.25) is 0 Å². The van der Waals surface area contributed by atoms with Crippen LogP contribution in [0.15, 0.2) is 18.2 Å². The lowest BCUT2D eigenvalue weighted by atomic mass is 10.0. The summed E-state index contributed by atoms with van der Waals surface area (Å²) in [6.45, 7) is 3.84. The van der Waals surface area contributed by atoms with E-state index in [1.807, 2.05) is 37.1 Å². The first kappa shape index (κ1) is 15.8. The minimum Gasteiger partial charge on any atom is -0.394 e. The second-order valence-electron chi connectivity index (χ2n) is 5.38. The van der Waals surface area contributed by atoms with E-state index in [-0.39, 0.29) is 18.6 Å². The SMILES string of the molecule is CNc1cc(C)ccc1C(=O)N1CCC(OCCO)CC1.